The normalized spacial score (nSPS) is 22.7. The summed E-state index contributed by atoms with van der Waals surface area (Å²) in [6, 6.07) is 1.71. The molecule has 118 valence electrons. The van der Waals surface area contributed by atoms with Gasteiger partial charge in [0.25, 0.3) is 0 Å². The summed E-state index contributed by atoms with van der Waals surface area (Å²) in [4.78, 5) is 0. The van der Waals surface area contributed by atoms with Crippen LogP contribution >= 0.6 is 0 Å². The first-order valence-electron chi connectivity index (χ1n) is 6.55. The van der Waals surface area contributed by atoms with Gasteiger partial charge in [-0.3, -0.25) is 0 Å². The van der Waals surface area contributed by atoms with E-state index >= 15 is 0 Å². The van der Waals surface area contributed by atoms with E-state index in [1.54, 1.807) is 6.92 Å². The van der Waals surface area contributed by atoms with Crippen LogP contribution in [-0.2, 0) is 21.2 Å². The molecule has 0 aromatic heterocycles. The lowest BCUT2D eigenvalue weighted by atomic mass is 10.1. The smallest absolute Gasteiger partial charge is 0.217 e. The molecule has 1 saturated heterocycles. The molecule has 0 saturated carbocycles. The van der Waals surface area contributed by atoms with Crippen LogP contribution in [0, 0.1) is 17.5 Å². The number of halogens is 3. The van der Waals surface area contributed by atoms with Gasteiger partial charge in [0.05, 0.1) is 6.10 Å². The average molecular weight is 323 g/mol. The molecule has 0 bridgehead atoms. The first-order chi connectivity index (χ1) is 9.81. The van der Waals surface area contributed by atoms with Crippen molar-refractivity contribution in [3.05, 3.63) is 35.1 Å². The van der Waals surface area contributed by atoms with Gasteiger partial charge in [-0.2, -0.15) is 0 Å². The summed E-state index contributed by atoms with van der Waals surface area (Å²) in [7, 11) is -3.54. The van der Waals surface area contributed by atoms with Crippen molar-refractivity contribution in [3.63, 3.8) is 0 Å². The summed E-state index contributed by atoms with van der Waals surface area (Å²) in [5.74, 6) is -4.10. The van der Waals surface area contributed by atoms with Gasteiger partial charge in [-0.05, 0) is 37.5 Å². The Hall–Kier alpha value is -1.12. The molecule has 0 amide bonds. The van der Waals surface area contributed by atoms with Crippen LogP contribution in [0.5, 0.6) is 0 Å². The molecule has 0 spiro atoms. The van der Waals surface area contributed by atoms with Crippen LogP contribution in [0.15, 0.2) is 12.1 Å². The summed E-state index contributed by atoms with van der Waals surface area (Å²) in [5, 5.41) is -0.626. The third kappa shape index (κ3) is 3.75. The van der Waals surface area contributed by atoms with Crippen molar-refractivity contribution in [1.82, 2.24) is 4.72 Å². The van der Waals surface area contributed by atoms with Crippen LogP contribution in [0.4, 0.5) is 13.2 Å². The van der Waals surface area contributed by atoms with Gasteiger partial charge in [0.15, 0.2) is 17.5 Å². The molecule has 1 heterocycles. The molecule has 1 aliphatic heterocycles. The zero-order chi connectivity index (χ0) is 15.6. The van der Waals surface area contributed by atoms with Gasteiger partial charge in [-0.15, -0.1) is 0 Å². The minimum absolute atomic E-state index is 0.0178. The Kier molecular flexibility index (Phi) is 4.90. The molecule has 0 unspecified atom stereocenters. The van der Waals surface area contributed by atoms with Crippen molar-refractivity contribution < 1.29 is 26.3 Å². The molecular formula is C13H16F3NO3S. The fourth-order valence-corrected chi connectivity index (χ4v) is 3.91. The van der Waals surface area contributed by atoms with Crippen LogP contribution in [0.3, 0.4) is 0 Å². The van der Waals surface area contributed by atoms with E-state index in [-0.39, 0.29) is 24.6 Å². The average Bonchev–Trinajstić information content (AvgIpc) is 2.83. The van der Waals surface area contributed by atoms with Gasteiger partial charge in [0.2, 0.25) is 10.0 Å². The number of benzene rings is 1. The Bertz CT molecular complexity index is 598. The highest BCUT2D eigenvalue weighted by atomic mass is 32.2. The molecule has 0 radical (unpaired) electrons. The fourth-order valence-electron chi connectivity index (χ4n) is 2.32. The molecule has 2 rings (SSSR count). The maximum absolute atomic E-state index is 13.0. The van der Waals surface area contributed by atoms with E-state index in [0.717, 1.165) is 12.1 Å². The second-order valence-electron chi connectivity index (χ2n) is 4.97. The number of sulfonamides is 1. The van der Waals surface area contributed by atoms with E-state index in [1.165, 1.54) is 0 Å². The van der Waals surface area contributed by atoms with E-state index in [2.05, 4.69) is 4.72 Å². The maximum Gasteiger partial charge on any atom is 0.217 e. The zero-order valence-electron chi connectivity index (χ0n) is 11.4. The Morgan fingerprint density at radius 1 is 1.29 bits per heavy atom. The SMILES string of the molecule is C[C@H]1OCC[C@@H]1S(=O)(=O)NCCc1cc(F)c(F)c(F)c1. The quantitative estimate of drug-likeness (QED) is 0.840. The van der Waals surface area contributed by atoms with Gasteiger partial charge < -0.3 is 4.74 Å². The molecular weight excluding hydrogens is 307 g/mol. The molecule has 1 aromatic carbocycles. The van der Waals surface area contributed by atoms with Crippen LogP contribution in [0.25, 0.3) is 0 Å². The Morgan fingerprint density at radius 2 is 1.90 bits per heavy atom. The summed E-state index contributed by atoms with van der Waals surface area (Å²) in [6.07, 6.45) is 0.0919. The lowest BCUT2D eigenvalue weighted by Crippen LogP contribution is -2.39. The fraction of sp³-hybridized carbons (Fsp3) is 0.538. The number of hydrogen-bond acceptors (Lipinski definition) is 3. The number of hydrogen-bond donors (Lipinski definition) is 1. The van der Waals surface area contributed by atoms with Crippen LogP contribution < -0.4 is 4.72 Å². The van der Waals surface area contributed by atoms with Crippen molar-refractivity contribution in [2.45, 2.75) is 31.1 Å². The second-order valence-corrected chi connectivity index (χ2v) is 6.95. The molecule has 1 aliphatic rings. The molecule has 1 N–H and O–H groups in total. The van der Waals surface area contributed by atoms with Crippen molar-refractivity contribution in [1.29, 1.82) is 0 Å². The van der Waals surface area contributed by atoms with Crippen LogP contribution in [0.2, 0.25) is 0 Å². The van der Waals surface area contributed by atoms with Gasteiger partial charge in [0.1, 0.15) is 5.25 Å². The molecule has 21 heavy (non-hydrogen) atoms. The van der Waals surface area contributed by atoms with Gasteiger partial charge in [-0.25, -0.2) is 26.3 Å². The highest BCUT2D eigenvalue weighted by molar-refractivity contribution is 7.90. The number of rotatable bonds is 5. The standard InChI is InChI=1S/C13H16F3NO3S/c1-8-12(3-5-20-8)21(18,19)17-4-2-9-6-10(14)13(16)11(15)7-9/h6-8,12,17H,2-5H2,1H3/t8-,12+/m1/s1. The Morgan fingerprint density at radius 3 is 2.43 bits per heavy atom. The first kappa shape index (κ1) is 16.3. The van der Waals surface area contributed by atoms with Crippen molar-refractivity contribution in [3.8, 4) is 0 Å². The molecule has 4 nitrogen and oxygen atoms in total. The molecule has 1 fully saturated rings. The van der Waals surface area contributed by atoms with E-state index in [1.807, 2.05) is 0 Å². The van der Waals surface area contributed by atoms with E-state index in [4.69, 9.17) is 4.74 Å². The predicted octanol–water partition coefficient (Wildman–Crippen LogP) is 1.74. The monoisotopic (exact) mass is 323 g/mol. The van der Waals surface area contributed by atoms with Crippen LogP contribution in [0.1, 0.15) is 18.9 Å². The first-order valence-corrected chi connectivity index (χ1v) is 8.09. The minimum atomic E-state index is -3.54. The largest absolute Gasteiger partial charge is 0.377 e. The van der Waals surface area contributed by atoms with Crippen molar-refractivity contribution in [2.24, 2.45) is 0 Å². The lowest BCUT2D eigenvalue weighted by Gasteiger charge is -2.15. The Balaban J connectivity index is 1.95. The summed E-state index contributed by atoms with van der Waals surface area (Å²) >= 11 is 0. The highest BCUT2D eigenvalue weighted by Crippen LogP contribution is 2.20. The predicted molar refractivity (Wildman–Crippen MR) is 70.8 cm³/mol. The number of ether oxygens (including phenoxy) is 1. The van der Waals surface area contributed by atoms with Gasteiger partial charge in [-0.1, -0.05) is 0 Å². The Labute approximate surface area is 121 Å². The number of nitrogens with one attached hydrogen (secondary N) is 1. The van der Waals surface area contributed by atoms with Crippen LogP contribution in [-0.4, -0.2) is 32.9 Å². The summed E-state index contributed by atoms with van der Waals surface area (Å²) in [5.41, 5.74) is 0.185. The maximum atomic E-state index is 13.0. The lowest BCUT2D eigenvalue weighted by molar-refractivity contribution is 0.126. The summed E-state index contributed by atoms with van der Waals surface area (Å²) in [6.45, 7) is 2.05. The topological polar surface area (TPSA) is 55.4 Å². The molecule has 0 aliphatic carbocycles. The highest BCUT2D eigenvalue weighted by Gasteiger charge is 2.35. The van der Waals surface area contributed by atoms with Gasteiger partial charge in [0, 0.05) is 13.2 Å². The third-order valence-electron chi connectivity index (χ3n) is 3.47. The van der Waals surface area contributed by atoms with Crippen molar-refractivity contribution in [2.75, 3.05) is 13.2 Å². The molecule has 8 heteroatoms. The minimum Gasteiger partial charge on any atom is -0.377 e. The van der Waals surface area contributed by atoms with E-state index in [9.17, 15) is 21.6 Å². The third-order valence-corrected chi connectivity index (χ3v) is 5.49. The van der Waals surface area contributed by atoms with E-state index < -0.39 is 32.7 Å². The molecule has 2 atom stereocenters. The van der Waals surface area contributed by atoms with E-state index in [0.29, 0.717) is 13.0 Å². The summed E-state index contributed by atoms with van der Waals surface area (Å²) < 4.78 is 70.5. The van der Waals surface area contributed by atoms with Gasteiger partial charge >= 0.3 is 0 Å². The molecule has 1 aromatic rings. The van der Waals surface area contributed by atoms with Crippen molar-refractivity contribution >= 4 is 10.0 Å². The zero-order valence-corrected chi connectivity index (χ0v) is 12.2. The second kappa shape index (κ2) is 6.33.